The van der Waals surface area contributed by atoms with Crippen molar-refractivity contribution >= 4 is 14.4 Å². The monoisotopic (exact) mass is 148 g/mol. The van der Waals surface area contributed by atoms with Crippen molar-refractivity contribution in [3.63, 3.8) is 0 Å². The van der Waals surface area contributed by atoms with Crippen LogP contribution in [0.25, 0.3) is 0 Å². The van der Waals surface area contributed by atoms with E-state index in [0.29, 0.717) is 12.6 Å². The molecule has 0 radical (unpaired) electrons. The summed E-state index contributed by atoms with van der Waals surface area (Å²) >= 11 is 0. The Hall–Kier alpha value is -0.430. The lowest BCUT2D eigenvalue weighted by Gasteiger charge is -1.88. The van der Waals surface area contributed by atoms with Gasteiger partial charge in [-0.1, -0.05) is 0 Å². The van der Waals surface area contributed by atoms with E-state index in [0.717, 1.165) is 6.42 Å². The Morgan fingerprint density at radius 2 is 2.11 bits per heavy atom. The number of hydrogen-bond donors (Lipinski definition) is 1. The Balaban J connectivity index is 2.91. The van der Waals surface area contributed by atoms with Crippen molar-refractivity contribution in [3.8, 4) is 0 Å². The van der Waals surface area contributed by atoms with Crippen molar-refractivity contribution in [2.75, 3.05) is 6.16 Å². The summed E-state index contributed by atoms with van der Waals surface area (Å²) in [6, 6.07) is 0. The molecule has 0 saturated heterocycles. The molecular weight excluding hydrogens is 139 g/mol. The Morgan fingerprint density at radius 3 is 2.56 bits per heavy atom. The Kier molecular flexibility index (Phi) is 5.43. The third-order valence-electron chi connectivity index (χ3n) is 0.890. The average molecular weight is 148 g/mol. The number of carboxylic acids is 1. The summed E-state index contributed by atoms with van der Waals surface area (Å²) in [4.78, 5) is 9.88. The van der Waals surface area contributed by atoms with E-state index in [1.54, 1.807) is 0 Å². The van der Waals surface area contributed by atoms with Crippen LogP contribution in [0.3, 0.4) is 0 Å². The molecule has 0 heterocycles. The molecular formula is C5H9O3P. The van der Waals surface area contributed by atoms with Gasteiger partial charge in [-0.25, -0.2) is 0 Å². The SMILES string of the molecule is O=PCCCCC(=O)O. The molecule has 4 heteroatoms. The molecule has 0 fully saturated rings. The fourth-order valence-electron chi connectivity index (χ4n) is 0.453. The minimum Gasteiger partial charge on any atom is -0.481 e. The van der Waals surface area contributed by atoms with Gasteiger partial charge < -0.3 is 5.11 Å². The average Bonchev–Trinajstić information content (AvgIpc) is 1.80. The van der Waals surface area contributed by atoms with Crippen LogP contribution in [0.2, 0.25) is 0 Å². The lowest BCUT2D eigenvalue weighted by Crippen LogP contribution is -1.93. The second-order valence-electron chi connectivity index (χ2n) is 1.70. The largest absolute Gasteiger partial charge is 0.481 e. The standard InChI is InChI=1S/C5H9O3P/c6-5(7)3-1-2-4-9-8/h1-4H2,(H,6,7). The van der Waals surface area contributed by atoms with Gasteiger partial charge in [0.1, 0.15) is 0 Å². The molecule has 0 spiro atoms. The van der Waals surface area contributed by atoms with Gasteiger partial charge >= 0.3 is 5.97 Å². The van der Waals surface area contributed by atoms with E-state index in [9.17, 15) is 9.36 Å². The van der Waals surface area contributed by atoms with E-state index in [2.05, 4.69) is 0 Å². The predicted octanol–water partition coefficient (Wildman–Crippen LogP) is 1.53. The first kappa shape index (κ1) is 8.57. The zero-order valence-electron chi connectivity index (χ0n) is 5.04. The number of carboxylic acid groups (broad SMARTS) is 1. The van der Waals surface area contributed by atoms with Crippen LogP contribution >= 0.6 is 8.46 Å². The van der Waals surface area contributed by atoms with Crippen LogP contribution < -0.4 is 0 Å². The molecule has 0 aliphatic rings. The fourth-order valence-corrected chi connectivity index (χ4v) is 0.805. The van der Waals surface area contributed by atoms with E-state index < -0.39 is 5.97 Å². The van der Waals surface area contributed by atoms with Gasteiger partial charge in [-0.3, -0.25) is 9.36 Å². The third-order valence-corrected chi connectivity index (χ3v) is 1.39. The molecule has 0 unspecified atom stereocenters. The minimum atomic E-state index is -0.780. The maximum Gasteiger partial charge on any atom is 0.303 e. The quantitative estimate of drug-likeness (QED) is 0.475. The highest BCUT2D eigenvalue weighted by molar-refractivity contribution is 7.23. The maximum absolute atomic E-state index is 9.88. The van der Waals surface area contributed by atoms with Gasteiger partial charge in [-0.05, 0) is 12.8 Å². The van der Waals surface area contributed by atoms with Crippen molar-refractivity contribution in [1.29, 1.82) is 0 Å². The van der Waals surface area contributed by atoms with E-state index in [4.69, 9.17) is 5.11 Å². The van der Waals surface area contributed by atoms with E-state index in [1.807, 2.05) is 0 Å². The molecule has 0 amide bonds. The third kappa shape index (κ3) is 7.57. The molecule has 52 valence electrons. The fraction of sp³-hybridized carbons (Fsp3) is 0.800. The first-order valence-corrected chi connectivity index (χ1v) is 3.78. The lowest BCUT2D eigenvalue weighted by molar-refractivity contribution is -0.137. The van der Waals surface area contributed by atoms with Crippen molar-refractivity contribution < 1.29 is 14.5 Å². The van der Waals surface area contributed by atoms with Crippen LogP contribution in [0.5, 0.6) is 0 Å². The van der Waals surface area contributed by atoms with Crippen LogP contribution in [-0.2, 0) is 9.36 Å². The molecule has 0 atom stereocenters. The van der Waals surface area contributed by atoms with E-state index in [-0.39, 0.29) is 14.9 Å². The molecule has 1 N–H and O–H groups in total. The van der Waals surface area contributed by atoms with E-state index in [1.165, 1.54) is 0 Å². The van der Waals surface area contributed by atoms with Gasteiger partial charge in [-0.15, -0.1) is 0 Å². The predicted molar refractivity (Wildman–Crippen MR) is 34.0 cm³/mol. The van der Waals surface area contributed by atoms with Crippen LogP contribution in [0.15, 0.2) is 0 Å². The topological polar surface area (TPSA) is 54.4 Å². The molecule has 0 aromatic carbocycles. The second-order valence-corrected chi connectivity index (χ2v) is 2.41. The highest BCUT2D eigenvalue weighted by Crippen LogP contribution is 2.01. The minimum absolute atomic E-state index is 0.114. The van der Waals surface area contributed by atoms with Gasteiger partial charge in [0.2, 0.25) is 0 Å². The van der Waals surface area contributed by atoms with Crippen LogP contribution in [0.1, 0.15) is 19.3 Å². The van der Waals surface area contributed by atoms with E-state index >= 15 is 0 Å². The highest BCUT2D eigenvalue weighted by atomic mass is 31.1. The molecule has 0 aliphatic heterocycles. The zero-order valence-corrected chi connectivity index (χ0v) is 5.93. The summed E-state index contributed by atoms with van der Waals surface area (Å²) in [6.45, 7) is 0. The molecule has 9 heavy (non-hydrogen) atoms. The highest BCUT2D eigenvalue weighted by Gasteiger charge is 1.94. The Bertz CT molecular complexity index is 102. The van der Waals surface area contributed by atoms with Gasteiger partial charge in [-0.2, -0.15) is 0 Å². The summed E-state index contributed by atoms with van der Waals surface area (Å²) in [5, 5.41) is 8.13. The molecule has 0 aromatic heterocycles. The molecule has 0 aliphatic carbocycles. The second kappa shape index (κ2) is 5.70. The summed E-state index contributed by atoms with van der Waals surface area (Å²) in [5.41, 5.74) is 0. The number of hydrogen-bond acceptors (Lipinski definition) is 2. The van der Waals surface area contributed by atoms with Gasteiger partial charge in [0.05, 0.1) is 0 Å². The van der Waals surface area contributed by atoms with Crippen molar-refractivity contribution in [3.05, 3.63) is 0 Å². The number of aliphatic carboxylic acids is 1. The number of rotatable bonds is 5. The van der Waals surface area contributed by atoms with Gasteiger partial charge in [0.15, 0.2) is 8.46 Å². The molecule has 0 saturated carbocycles. The smallest absolute Gasteiger partial charge is 0.303 e. The zero-order chi connectivity index (χ0) is 7.11. The van der Waals surface area contributed by atoms with Crippen molar-refractivity contribution in [2.45, 2.75) is 19.3 Å². The molecule has 0 bridgehead atoms. The summed E-state index contributed by atoms with van der Waals surface area (Å²) in [5.74, 6) is -0.780. The first-order chi connectivity index (χ1) is 4.27. The molecule has 0 rings (SSSR count). The lowest BCUT2D eigenvalue weighted by atomic mass is 10.3. The molecule has 3 nitrogen and oxygen atoms in total. The van der Waals surface area contributed by atoms with Gasteiger partial charge in [0, 0.05) is 12.6 Å². The number of unbranched alkanes of at least 4 members (excludes halogenated alkanes) is 1. The van der Waals surface area contributed by atoms with Crippen LogP contribution in [0, 0.1) is 0 Å². The Morgan fingerprint density at radius 1 is 1.44 bits per heavy atom. The first-order valence-electron chi connectivity index (χ1n) is 2.78. The van der Waals surface area contributed by atoms with Crippen LogP contribution in [-0.4, -0.2) is 17.2 Å². The summed E-state index contributed by atoms with van der Waals surface area (Å²) in [7, 11) is 0.114. The normalized spacial score (nSPS) is 9.78. The summed E-state index contributed by atoms with van der Waals surface area (Å²) in [6.07, 6.45) is 2.13. The van der Waals surface area contributed by atoms with Crippen molar-refractivity contribution in [2.24, 2.45) is 0 Å². The van der Waals surface area contributed by atoms with Crippen molar-refractivity contribution in [1.82, 2.24) is 0 Å². The maximum atomic E-state index is 9.88. The Labute approximate surface area is 55.3 Å². The van der Waals surface area contributed by atoms with Gasteiger partial charge in [0.25, 0.3) is 0 Å². The molecule has 0 aromatic rings. The number of carbonyl (C=O) groups is 1. The van der Waals surface area contributed by atoms with Crippen LogP contribution in [0.4, 0.5) is 0 Å². The summed E-state index contributed by atoms with van der Waals surface area (Å²) < 4.78 is 9.80.